The fourth-order valence-electron chi connectivity index (χ4n) is 5.56. The molecule has 170 valence electrons. The van der Waals surface area contributed by atoms with E-state index in [0.29, 0.717) is 24.1 Å². The van der Waals surface area contributed by atoms with E-state index in [4.69, 9.17) is 9.73 Å². The van der Waals surface area contributed by atoms with Gasteiger partial charge in [-0.3, -0.25) is 19.6 Å². The highest BCUT2D eigenvalue weighted by molar-refractivity contribution is 6.09. The molecule has 6 nitrogen and oxygen atoms in total. The van der Waals surface area contributed by atoms with Crippen LogP contribution in [0.4, 0.5) is 0 Å². The van der Waals surface area contributed by atoms with Crippen molar-refractivity contribution in [1.82, 2.24) is 4.98 Å². The minimum absolute atomic E-state index is 0.00122. The fourth-order valence-corrected chi connectivity index (χ4v) is 5.56. The summed E-state index contributed by atoms with van der Waals surface area (Å²) in [6, 6.07) is 10.7. The number of ketones is 1. The lowest BCUT2D eigenvalue weighted by molar-refractivity contribution is -0.151. The zero-order chi connectivity index (χ0) is 22.9. The van der Waals surface area contributed by atoms with Gasteiger partial charge in [0, 0.05) is 41.7 Å². The van der Waals surface area contributed by atoms with Crippen LogP contribution in [0.25, 0.3) is 0 Å². The third-order valence-corrected chi connectivity index (χ3v) is 7.13. The summed E-state index contributed by atoms with van der Waals surface area (Å²) in [6.45, 7) is 1.85. The molecule has 33 heavy (non-hydrogen) atoms. The highest BCUT2D eigenvalue weighted by atomic mass is 16.5. The summed E-state index contributed by atoms with van der Waals surface area (Å²) in [7, 11) is 0. The van der Waals surface area contributed by atoms with Crippen molar-refractivity contribution in [3.8, 4) is 5.75 Å². The Morgan fingerprint density at radius 3 is 2.55 bits per heavy atom. The predicted octanol–water partition coefficient (Wildman–Crippen LogP) is 4.85. The van der Waals surface area contributed by atoms with Gasteiger partial charge in [-0.25, -0.2) is 0 Å². The van der Waals surface area contributed by atoms with Gasteiger partial charge in [-0.05, 0) is 80.3 Å². The van der Waals surface area contributed by atoms with E-state index in [2.05, 4.69) is 4.98 Å². The smallest absolute Gasteiger partial charge is 0.315 e. The van der Waals surface area contributed by atoms with Crippen molar-refractivity contribution >= 4 is 17.5 Å². The SMILES string of the molecule is CC1=NC2=C(C(=O)CC(c3ccncc3)C2)C(c2cccc(O)c2)C1C(=O)OC1CCCC1. The molecule has 1 fully saturated rings. The molecule has 0 spiro atoms. The average molecular weight is 445 g/mol. The third kappa shape index (κ3) is 4.22. The van der Waals surface area contributed by atoms with E-state index in [-0.39, 0.29) is 29.5 Å². The Balaban J connectivity index is 1.55. The van der Waals surface area contributed by atoms with Gasteiger partial charge in [0.25, 0.3) is 0 Å². The lowest BCUT2D eigenvalue weighted by atomic mass is 9.69. The molecule has 6 heteroatoms. The second-order valence-electron chi connectivity index (χ2n) is 9.32. The lowest BCUT2D eigenvalue weighted by Gasteiger charge is -2.37. The number of phenols is 1. The number of aromatic nitrogens is 1. The number of hydrogen-bond acceptors (Lipinski definition) is 6. The highest BCUT2D eigenvalue weighted by Gasteiger charge is 2.45. The normalized spacial score (nSPS) is 25.5. The number of nitrogens with zero attached hydrogens (tertiary/aromatic N) is 2. The number of ether oxygens (including phenoxy) is 1. The maximum Gasteiger partial charge on any atom is 0.315 e. The molecule has 1 N–H and O–H groups in total. The Hall–Kier alpha value is -3.28. The molecule has 3 unspecified atom stereocenters. The van der Waals surface area contributed by atoms with Crippen LogP contribution in [-0.4, -0.2) is 33.7 Å². The maximum atomic E-state index is 13.5. The van der Waals surface area contributed by atoms with Crippen LogP contribution in [0, 0.1) is 5.92 Å². The van der Waals surface area contributed by atoms with Crippen LogP contribution >= 0.6 is 0 Å². The van der Waals surface area contributed by atoms with Crippen LogP contribution < -0.4 is 0 Å². The molecule has 0 bridgehead atoms. The summed E-state index contributed by atoms with van der Waals surface area (Å²) in [5.41, 5.74) is 3.79. The van der Waals surface area contributed by atoms with Crippen molar-refractivity contribution < 1.29 is 19.4 Å². The number of Topliss-reactive ketones (excluding diaryl/α,β-unsaturated/α-hetero) is 1. The summed E-state index contributed by atoms with van der Waals surface area (Å²) in [5, 5.41) is 10.2. The molecule has 0 radical (unpaired) electrons. The van der Waals surface area contributed by atoms with Crippen LogP contribution in [-0.2, 0) is 14.3 Å². The number of carbonyl (C=O) groups excluding carboxylic acids is 2. The summed E-state index contributed by atoms with van der Waals surface area (Å²) in [5.74, 6) is -1.37. The van der Waals surface area contributed by atoms with Crippen LogP contribution in [0.1, 0.15) is 68.4 Å². The lowest BCUT2D eigenvalue weighted by Crippen LogP contribution is -2.39. The number of hydrogen-bond donors (Lipinski definition) is 1. The van der Waals surface area contributed by atoms with Gasteiger partial charge in [0.2, 0.25) is 0 Å². The quantitative estimate of drug-likeness (QED) is 0.681. The van der Waals surface area contributed by atoms with E-state index in [1.54, 1.807) is 30.6 Å². The van der Waals surface area contributed by atoms with Gasteiger partial charge in [-0.1, -0.05) is 12.1 Å². The zero-order valence-electron chi connectivity index (χ0n) is 18.7. The van der Waals surface area contributed by atoms with E-state index in [0.717, 1.165) is 42.5 Å². The Bertz CT molecular complexity index is 1130. The van der Waals surface area contributed by atoms with E-state index in [9.17, 15) is 14.7 Å². The minimum Gasteiger partial charge on any atom is -0.508 e. The van der Waals surface area contributed by atoms with Crippen molar-refractivity contribution in [2.24, 2.45) is 10.9 Å². The number of aliphatic imine (C=N–C) groups is 1. The molecule has 1 aromatic carbocycles. The van der Waals surface area contributed by atoms with Crippen molar-refractivity contribution in [3.63, 3.8) is 0 Å². The van der Waals surface area contributed by atoms with Crippen LogP contribution in [0.5, 0.6) is 5.75 Å². The molecule has 3 aliphatic rings. The summed E-state index contributed by atoms with van der Waals surface area (Å²) in [4.78, 5) is 35.8. The number of pyridine rings is 1. The number of esters is 1. The number of phenolic OH excluding ortho intramolecular Hbond substituents is 1. The Kier molecular flexibility index (Phi) is 5.83. The zero-order valence-corrected chi connectivity index (χ0v) is 18.7. The molecule has 0 amide bonds. The van der Waals surface area contributed by atoms with Gasteiger partial charge >= 0.3 is 5.97 Å². The second kappa shape index (κ2) is 8.93. The molecule has 3 atom stereocenters. The number of carbonyl (C=O) groups is 2. The molecule has 2 aliphatic carbocycles. The van der Waals surface area contributed by atoms with Crippen molar-refractivity contribution in [1.29, 1.82) is 0 Å². The van der Waals surface area contributed by atoms with Gasteiger partial charge < -0.3 is 9.84 Å². The largest absolute Gasteiger partial charge is 0.508 e. The first-order valence-corrected chi connectivity index (χ1v) is 11.7. The first kappa shape index (κ1) is 21.6. The van der Waals surface area contributed by atoms with Gasteiger partial charge in [-0.15, -0.1) is 0 Å². The first-order valence-electron chi connectivity index (χ1n) is 11.7. The van der Waals surface area contributed by atoms with Crippen LogP contribution in [0.2, 0.25) is 0 Å². The Morgan fingerprint density at radius 1 is 1.06 bits per heavy atom. The molecular weight excluding hydrogens is 416 g/mol. The Morgan fingerprint density at radius 2 is 1.82 bits per heavy atom. The number of benzene rings is 1. The molecular formula is C27H28N2O4. The first-order chi connectivity index (χ1) is 16.0. The molecule has 1 aliphatic heterocycles. The Labute approximate surface area is 193 Å². The fraction of sp³-hybridized carbons (Fsp3) is 0.407. The van der Waals surface area contributed by atoms with Crippen molar-refractivity contribution in [2.75, 3.05) is 0 Å². The third-order valence-electron chi connectivity index (χ3n) is 7.13. The molecule has 2 aromatic rings. The summed E-state index contributed by atoms with van der Waals surface area (Å²) < 4.78 is 5.89. The van der Waals surface area contributed by atoms with E-state index in [1.165, 1.54) is 0 Å². The molecule has 0 saturated heterocycles. The number of allylic oxidation sites excluding steroid dienone is 2. The van der Waals surface area contributed by atoms with E-state index < -0.39 is 11.8 Å². The van der Waals surface area contributed by atoms with E-state index in [1.807, 2.05) is 25.1 Å². The molecule has 1 aromatic heterocycles. The van der Waals surface area contributed by atoms with Crippen molar-refractivity contribution in [3.05, 3.63) is 71.2 Å². The van der Waals surface area contributed by atoms with Gasteiger partial charge in [0.05, 0.1) is 0 Å². The summed E-state index contributed by atoms with van der Waals surface area (Å²) in [6.07, 6.45) is 8.29. The van der Waals surface area contributed by atoms with Gasteiger partial charge in [0.1, 0.15) is 17.8 Å². The van der Waals surface area contributed by atoms with Crippen molar-refractivity contribution in [2.45, 2.75) is 63.4 Å². The summed E-state index contributed by atoms with van der Waals surface area (Å²) >= 11 is 0. The van der Waals surface area contributed by atoms with Gasteiger partial charge in [-0.2, -0.15) is 0 Å². The molecule has 5 rings (SSSR count). The van der Waals surface area contributed by atoms with E-state index >= 15 is 0 Å². The van der Waals surface area contributed by atoms with Crippen LogP contribution in [0.3, 0.4) is 0 Å². The predicted molar refractivity (Wildman–Crippen MR) is 124 cm³/mol. The minimum atomic E-state index is -0.674. The van der Waals surface area contributed by atoms with Crippen LogP contribution in [0.15, 0.2) is 65.1 Å². The average Bonchev–Trinajstić information content (AvgIpc) is 3.31. The number of aromatic hydroxyl groups is 1. The standard InChI is InChI=1S/C27H28N2O4/c1-16-24(27(32)33-21-7-2-3-8-21)25(18-5-4-6-20(30)13-18)26-22(29-16)14-19(15-23(26)31)17-9-11-28-12-10-17/h4-6,9-13,19,21,24-25,30H,2-3,7-8,14-15H2,1H3. The topological polar surface area (TPSA) is 88.9 Å². The monoisotopic (exact) mass is 444 g/mol. The molecule has 2 heterocycles. The highest BCUT2D eigenvalue weighted by Crippen LogP contribution is 2.47. The second-order valence-corrected chi connectivity index (χ2v) is 9.32. The van der Waals surface area contributed by atoms with Gasteiger partial charge in [0.15, 0.2) is 5.78 Å². The molecule has 1 saturated carbocycles. The number of rotatable bonds is 4. The maximum absolute atomic E-state index is 13.5.